The molecule has 0 bridgehead atoms. The second-order valence-corrected chi connectivity index (χ2v) is 5.09. The van der Waals surface area contributed by atoms with Crippen LogP contribution in [0.25, 0.3) is 6.08 Å². The first kappa shape index (κ1) is 16.2. The summed E-state index contributed by atoms with van der Waals surface area (Å²) in [6, 6.07) is 7.56. The molecule has 5 heteroatoms. The molecule has 1 saturated heterocycles. The zero-order chi connectivity index (χ0) is 15.8. The molecule has 118 valence electrons. The van der Waals surface area contributed by atoms with Gasteiger partial charge in [0.2, 0.25) is 5.91 Å². The fourth-order valence-corrected chi connectivity index (χ4v) is 2.27. The Kier molecular flexibility index (Phi) is 6.15. The smallest absolute Gasteiger partial charge is 0.330 e. The van der Waals surface area contributed by atoms with E-state index in [1.54, 1.807) is 18.1 Å². The van der Waals surface area contributed by atoms with Crippen LogP contribution in [0.5, 0.6) is 0 Å². The van der Waals surface area contributed by atoms with Gasteiger partial charge in [0.1, 0.15) is 0 Å². The van der Waals surface area contributed by atoms with Crippen molar-refractivity contribution in [2.24, 2.45) is 0 Å². The summed E-state index contributed by atoms with van der Waals surface area (Å²) in [5.41, 5.74) is 1.80. The Morgan fingerprint density at radius 1 is 1.27 bits per heavy atom. The maximum Gasteiger partial charge on any atom is 0.330 e. The van der Waals surface area contributed by atoms with E-state index in [2.05, 4.69) is 0 Å². The van der Waals surface area contributed by atoms with Crippen LogP contribution >= 0.6 is 0 Å². The molecule has 0 aromatic heterocycles. The Hall–Kier alpha value is -2.14. The van der Waals surface area contributed by atoms with Gasteiger partial charge in [-0.15, -0.1) is 0 Å². The van der Waals surface area contributed by atoms with Crippen molar-refractivity contribution < 1.29 is 19.1 Å². The van der Waals surface area contributed by atoms with Gasteiger partial charge in [0.25, 0.3) is 0 Å². The van der Waals surface area contributed by atoms with Gasteiger partial charge in [-0.25, -0.2) is 4.79 Å². The lowest BCUT2D eigenvalue weighted by atomic mass is 10.2. The summed E-state index contributed by atoms with van der Waals surface area (Å²) in [4.78, 5) is 24.9. The number of esters is 1. The van der Waals surface area contributed by atoms with Gasteiger partial charge < -0.3 is 14.4 Å². The molecule has 0 atom stereocenters. The molecule has 1 heterocycles. The normalized spacial score (nSPS) is 14.8. The van der Waals surface area contributed by atoms with Crippen molar-refractivity contribution in [3.8, 4) is 0 Å². The average molecular weight is 303 g/mol. The number of hydrogen-bond donors (Lipinski definition) is 0. The highest BCUT2D eigenvalue weighted by atomic mass is 16.5. The summed E-state index contributed by atoms with van der Waals surface area (Å²) < 4.78 is 9.90. The first-order valence-corrected chi connectivity index (χ1v) is 7.45. The number of hydrogen-bond acceptors (Lipinski definition) is 4. The second-order valence-electron chi connectivity index (χ2n) is 5.09. The lowest BCUT2D eigenvalue weighted by molar-refractivity contribution is -0.138. The first-order valence-electron chi connectivity index (χ1n) is 7.45. The van der Waals surface area contributed by atoms with Crippen molar-refractivity contribution in [1.29, 1.82) is 0 Å². The van der Waals surface area contributed by atoms with E-state index in [1.165, 1.54) is 6.08 Å². The Labute approximate surface area is 130 Å². The highest BCUT2D eigenvalue weighted by Crippen LogP contribution is 2.21. The van der Waals surface area contributed by atoms with E-state index in [1.807, 2.05) is 24.3 Å². The van der Waals surface area contributed by atoms with Gasteiger partial charge >= 0.3 is 5.97 Å². The summed E-state index contributed by atoms with van der Waals surface area (Å²) in [7, 11) is 1.61. The van der Waals surface area contributed by atoms with Crippen LogP contribution in [-0.2, 0) is 19.1 Å². The maximum absolute atomic E-state index is 11.7. The Balaban J connectivity index is 1.84. The number of ether oxygens (including phenoxy) is 2. The topological polar surface area (TPSA) is 55.8 Å². The third-order valence-electron chi connectivity index (χ3n) is 3.43. The quantitative estimate of drug-likeness (QED) is 0.441. The van der Waals surface area contributed by atoms with E-state index < -0.39 is 0 Å². The van der Waals surface area contributed by atoms with Gasteiger partial charge in [0.15, 0.2) is 0 Å². The Morgan fingerprint density at radius 2 is 2.05 bits per heavy atom. The molecule has 1 aromatic rings. The zero-order valence-electron chi connectivity index (χ0n) is 12.8. The van der Waals surface area contributed by atoms with Crippen molar-refractivity contribution in [2.75, 3.05) is 31.8 Å². The third-order valence-corrected chi connectivity index (χ3v) is 3.43. The van der Waals surface area contributed by atoms with Gasteiger partial charge in [-0.05, 0) is 30.2 Å². The molecule has 0 radical (unpaired) electrons. The minimum atomic E-state index is -0.366. The number of carbonyl (C=O) groups excluding carboxylic acids is 2. The van der Waals surface area contributed by atoms with Gasteiger partial charge in [0, 0.05) is 44.9 Å². The molecule has 1 fully saturated rings. The fraction of sp³-hybridized carbons (Fsp3) is 0.412. The van der Waals surface area contributed by atoms with Crippen molar-refractivity contribution in [3.63, 3.8) is 0 Å². The maximum atomic E-state index is 11.7. The van der Waals surface area contributed by atoms with E-state index in [-0.39, 0.29) is 11.9 Å². The molecule has 0 spiro atoms. The predicted molar refractivity (Wildman–Crippen MR) is 84.5 cm³/mol. The molecule has 5 nitrogen and oxygen atoms in total. The predicted octanol–water partition coefficient (Wildman–Crippen LogP) is 2.41. The van der Waals surface area contributed by atoms with Crippen LogP contribution in [0, 0.1) is 0 Å². The van der Waals surface area contributed by atoms with Gasteiger partial charge in [0.05, 0.1) is 6.61 Å². The standard InChI is InChI=1S/C17H21NO4/c1-21-12-3-13-22-17(20)10-7-14-5-8-15(9-6-14)18-11-2-4-16(18)19/h5-10H,2-4,11-13H2,1H3. The molecule has 2 rings (SSSR count). The number of nitrogens with zero attached hydrogens (tertiary/aromatic N) is 1. The highest BCUT2D eigenvalue weighted by Gasteiger charge is 2.21. The number of benzene rings is 1. The van der Waals surface area contributed by atoms with Crippen molar-refractivity contribution in [1.82, 2.24) is 0 Å². The van der Waals surface area contributed by atoms with E-state index in [9.17, 15) is 9.59 Å². The number of amides is 1. The number of carbonyl (C=O) groups is 2. The largest absolute Gasteiger partial charge is 0.462 e. The third kappa shape index (κ3) is 4.70. The molecule has 1 amide bonds. The molecule has 1 aliphatic heterocycles. The SMILES string of the molecule is COCCCOC(=O)C=Cc1ccc(N2CCCC2=O)cc1. The summed E-state index contributed by atoms with van der Waals surface area (Å²) in [5, 5.41) is 0. The number of anilines is 1. The van der Waals surface area contributed by atoms with Crippen LogP contribution < -0.4 is 4.90 Å². The number of rotatable bonds is 7. The number of methoxy groups -OCH3 is 1. The van der Waals surface area contributed by atoms with Gasteiger partial charge in [-0.2, -0.15) is 0 Å². The molecular formula is C17H21NO4. The van der Waals surface area contributed by atoms with Gasteiger partial charge in [-0.1, -0.05) is 12.1 Å². The monoisotopic (exact) mass is 303 g/mol. The van der Waals surface area contributed by atoms with Crippen LogP contribution in [-0.4, -0.2) is 38.7 Å². The lowest BCUT2D eigenvalue weighted by Crippen LogP contribution is -2.23. The summed E-state index contributed by atoms with van der Waals surface area (Å²) >= 11 is 0. The van der Waals surface area contributed by atoms with Crippen molar-refractivity contribution >= 4 is 23.6 Å². The Bertz CT molecular complexity index is 536. The molecular weight excluding hydrogens is 282 g/mol. The van der Waals surface area contributed by atoms with Crippen LogP contribution in [0.4, 0.5) is 5.69 Å². The fourth-order valence-electron chi connectivity index (χ4n) is 2.27. The molecule has 1 aromatic carbocycles. The minimum Gasteiger partial charge on any atom is -0.462 e. The van der Waals surface area contributed by atoms with Gasteiger partial charge in [-0.3, -0.25) is 4.79 Å². The molecule has 0 unspecified atom stereocenters. The van der Waals surface area contributed by atoms with Crippen molar-refractivity contribution in [3.05, 3.63) is 35.9 Å². The van der Waals surface area contributed by atoms with Crippen molar-refractivity contribution in [2.45, 2.75) is 19.3 Å². The minimum absolute atomic E-state index is 0.169. The molecule has 1 aliphatic rings. The van der Waals surface area contributed by atoms with E-state index in [0.29, 0.717) is 26.1 Å². The molecule has 0 saturated carbocycles. The van der Waals surface area contributed by atoms with Crippen LogP contribution in [0.1, 0.15) is 24.8 Å². The molecule has 22 heavy (non-hydrogen) atoms. The molecule has 0 aliphatic carbocycles. The van der Waals surface area contributed by atoms with E-state index in [0.717, 1.165) is 24.2 Å². The summed E-state index contributed by atoms with van der Waals surface area (Å²) in [6.45, 7) is 1.71. The lowest BCUT2D eigenvalue weighted by Gasteiger charge is -2.15. The zero-order valence-corrected chi connectivity index (χ0v) is 12.8. The van der Waals surface area contributed by atoms with Crippen LogP contribution in [0.3, 0.4) is 0 Å². The van der Waals surface area contributed by atoms with E-state index in [4.69, 9.17) is 9.47 Å². The van der Waals surface area contributed by atoms with Crippen LogP contribution in [0.15, 0.2) is 30.3 Å². The second kappa shape index (κ2) is 8.34. The average Bonchev–Trinajstić information content (AvgIpc) is 2.96. The first-order chi connectivity index (χ1) is 10.7. The molecule has 0 N–H and O–H groups in total. The Morgan fingerprint density at radius 3 is 2.68 bits per heavy atom. The van der Waals surface area contributed by atoms with Crippen LogP contribution in [0.2, 0.25) is 0 Å². The summed E-state index contributed by atoms with van der Waals surface area (Å²) in [5.74, 6) is -0.196. The summed E-state index contributed by atoms with van der Waals surface area (Å²) in [6.07, 6.45) is 5.33. The van der Waals surface area contributed by atoms with E-state index >= 15 is 0 Å². The highest BCUT2D eigenvalue weighted by molar-refractivity contribution is 5.95.